The first kappa shape index (κ1) is 15.0. The number of benzene rings is 1. The molecule has 0 aromatic heterocycles. The van der Waals surface area contributed by atoms with E-state index in [0.29, 0.717) is 11.4 Å². The maximum absolute atomic E-state index is 12.8. The second kappa shape index (κ2) is 5.91. The van der Waals surface area contributed by atoms with E-state index in [4.69, 9.17) is 0 Å². The van der Waals surface area contributed by atoms with Gasteiger partial charge in [0.2, 0.25) is 10.0 Å². The molecule has 0 saturated carbocycles. The third kappa shape index (κ3) is 3.02. The summed E-state index contributed by atoms with van der Waals surface area (Å²) in [5.41, 5.74) is 0.789. The summed E-state index contributed by atoms with van der Waals surface area (Å²) >= 11 is 3.35. The van der Waals surface area contributed by atoms with Crippen molar-refractivity contribution in [2.24, 2.45) is 0 Å². The maximum Gasteiger partial charge on any atom is 0.243 e. The van der Waals surface area contributed by atoms with Crippen LogP contribution in [0, 0.1) is 6.92 Å². The molecule has 19 heavy (non-hydrogen) atoms. The zero-order valence-electron chi connectivity index (χ0n) is 11.2. The van der Waals surface area contributed by atoms with Crippen LogP contribution in [0.3, 0.4) is 0 Å². The average Bonchev–Trinajstić information content (AvgIpc) is 2.29. The fourth-order valence-electron chi connectivity index (χ4n) is 2.17. The predicted molar refractivity (Wildman–Crippen MR) is 79.7 cm³/mol. The van der Waals surface area contributed by atoms with Crippen LogP contribution in [0.2, 0.25) is 0 Å². The zero-order valence-corrected chi connectivity index (χ0v) is 13.6. The van der Waals surface area contributed by atoms with E-state index in [0.717, 1.165) is 29.5 Å². The van der Waals surface area contributed by atoms with Gasteiger partial charge in [-0.15, -0.1) is 0 Å². The van der Waals surface area contributed by atoms with Gasteiger partial charge in [-0.05, 0) is 31.0 Å². The molecule has 0 radical (unpaired) electrons. The highest BCUT2D eigenvalue weighted by molar-refractivity contribution is 9.10. The molecule has 6 heteroatoms. The van der Waals surface area contributed by atoms with Crippen LogP contribution in [0.15, 0.2) is 27.6 Å². The topological polar surface area (TPSA) is 49.4 Å². The van der Waals surface area contributed by atoms with Crippen molar-refractivity contribution in [2.75, 3.05) is 19.6 Å². The average molecular weight is 347 g/mol. The molecule has 0 amide bonds. The molecule has 1 heterocycles. The van der Waals surface area contributed by atoms with Crippen LogP contribution in [0.1, 0.15) is 18.9 Å². The van der Waals surface area contributed by atoms with Crippen molar-refractivity contribution >= 4 is 26.0 Å². The van der Waals surface area contributed by atoms with Crippen LogP contribution in [0.5, 0.6) is 0 Å². The van der Waals surface area contributed by atoms with Crippen LogP contribution in [0.25, 0.3) is 0 Å². The number of nitrogens with zero attached hydrogens (tertiary/aromatic N) is 1. The van der Waals surface area contributed by atoms with Crippen molar-refractivity contribution in [3.63, 3.8) is 0 Å². The minimum Gasteiger partial charge on any atom is -0.313 e. The van der Waals surface area contributed by atoms with Gasteiger partial charge in [0.25, 0.3) is 0 Å². The summed E-state index contributed by atoms with van der Waals surface area (Å²) < 4.78 is 28.0. The van der Waals surface area contributed by atoms with E-state index in [1.165, 1.54) is 0 Å². The van der Waals surface area contributed by atoms with Crippen molar-refractivity contribution in [1.82, 2.24) is 9.62 Å². The van der Waals surface area contributed by atoms with Crippen molar-refractivity contribution in [3.8, 4) is 0 Å². The highest BCUT2D eigenvalue weighted by Crippen LogP contribution is 2.26. The number of rotatable bonds is 5. The Hall–Kier alpha value is -0.430. The Bertz CT molecular complexity index is 556. The van der Waals surface area contributed by atoms with Crippen LogP contribution in [-0.2, 0) is 10.0 Å². The summed E-state index contributed by atoms with van der Waals surface area (Å²) in [6.07, 6.45) is 0.822. The highest BCUT2D eigenvalue weighted by Gasteiger charge is 2.34. The Morgan fingerprint density at radius 3 is 2.63 bits per heavy atom. The molecule has 1 aliphatic rings. The van der Waals surface area contributed by atoms with Crippen LogP contribution in [0.4, 0.5) is 0 Å². The molecule has 1 N–H and O–H groups in total. The van der Waals surface area contributed by atoms with E-state index >= 15 is 0 Å². The van der Waals surface area contributed by atoms with Crippen molar-refractivity contribution in [1.29, 1.82) is 0 Å². The first-order chi connectivity index (χ1) is 8.96. The van der Waals surface area contributed by atoms with E-state index < -0.39 is 10.0 Å². The van der Waals surface area contributed by atoms with Gasteiger partial charge in [0.15, 0.2) is 0 Å². The van der Waals surface area contributed by atoms with Gasteiger partial charge in [-0.3, -0.25) is 0 Å². The molecule has 1 aliphatic heterocycles. The normalized spacial score (nSPS) is 16.6. The minimum atomic E-state index is -3.41. The molecule has 1 aromatic carbocycles. The minimum absolute atomic E-state index is 0.0864. The largest absolute Gasteiger partial charge is 0.313 e. The molecular formula is C13H19BrN2O2S. The summed E-state index contributed by atoms with van der Waals surface area (Å²) in [7, 11) is -3.41. The molecule has 106 valence electrons. The summed E-state index contributed by atoms with van der Waals surface area (Å²) in [5, 5.41) is 3.13. The van der Waals surface area contributed by atoms with E-state index in [1.54, 1.807) is 10.4 Å². The lowest BCUT2D eigenvalue weighted by atomic mass is 10.2. The Morgan fingerprint density at radius 1 is 1.42 bits per heavy atom. The molecule has 0 aliphatic carbocycles. The van der Waals surface area contributed by atoms with Crippen molar-refractivity contribution < 1.29 is 8.42 Å². The Kier molecular flexibility index (Phi) is 4.66. The standard InChI is InChI=1S/C13H19BrN2O2S/c1-3-6-16(12-8-15-9-12)19(17,18)13-7-11(14)5-4-10(13)2/h4-5,7,12,15H,3,6,8-9H2,1-2H3. The second-order valence-corrected chi connectivity index (χ2v) is 7.61. The first-order valence-corrected chi connectivity index (χ1v) is 8.69. The van der Waals surface area contributed by atoms with Crippen LogP contribution >= 0.6 is 15.9 Å². The summed E-state index contributed by atoms with van der Waals surface area (Å²) in [6.45, 7) is 5.89. The summed E-state index contributed by atoms with van der Waals surface area (Å²) in [6, 6.07) is 5.48. The SMILES string of the molecule is CCCN(C1CNC1)S(=O)(=O)c1cc(Br)ccc1C. The molecule has 1 fully saturated rings. The van der Waals surface area contributed by atoms with Crippen LogP contribution < -0.4 is 5.32 Å². The molecule has 0 unspecified atom stereocenters. The summed E-state index contributed by atoms with van der Waals surface area (Å²) in [5.74, 6) is 0. The smallest absolute Gasteiger partial charge is 0.243 e. The van der Waals surface area contributed by atoms with Crippen molar-refractivity contribution in [2.45, 2.75) is 31.2 Å². The van der Waals surface area contributed by atoms with E-state index in [1.807, 2.05) is 26.0 Å². The molecule has 1 saturated heterocycles. The molecule has 0 spiro atoms. The number of halogens is 1. The maximum atomic E-state index is 12.8. The highest BCUT2D eigenvalue weighted by atomic mass is 79.9. The van der Waals surface area contributed by atoms with Gasteiger partial charge in [-0.2, -0.15) is 4.31 Å². The molecule has 2 rings (SSSR count). The Morgan fingerprint density at radius 2 is 2.11 bits per heavy atom. The van der Waals surface area contributed by atoms with Gasteiger partial charge in [-0.1, -0.05) is 28.9 Å². The fraction of sp³-hybridized carbons (Fsp3) is 0.538. The lowest BCUT2D eigenvalue weighted by molar-refractivity contribution is 0.241. The van der Waals surface area contributed by atoms with E-state index in [9.17, 15) is 8.42 Å². The number of nitrogens with one attached hydrogen (secondary N) is 1. The zero-order chi connectivity index (χ0) is 14.0. The first-order valence-electron chi connectivity index (χ1n) is 6.45. The number of hydrogen-bond acceptors (Lipinski definition) is 3. The van der Waals surface area contributed by atoms with Gasteiger partial charge >= 0.3 is 0 Å². The van der Waals surface area contributed by atoms with Crippen LogP contribution in [-0.4, -0.2) is 38.4 Å². The van der Waals surface area contributed by atoms with Gasteiger partial charge < -0.3 is 5.32 Å². The summed E-state index contributed by atoms with van der Waals surface area (Å²) in [4.78, 5) is 0.405. The number of sulfonamides is 1. The fourth-order valence-corrected chi connectivity index (χ4v) is 4.66. The molecule has 4 nitrogen and oxygen atoms in total. The molecule has 0 bridgehead atoms. The van der Waals surface area contributed by atoms with E-state index in [2.05, 4.69) is 21.2 Å². The lowest BCUT2D eigenvalue weighted by Gasteiger charge is -2.37. The predicted octanol–water partition coefficient (Wildman–Crippen LogP) is 2.13. The molecule has 0 atom stereocenters. The third-order valence-electron chi connectivity index (χ3n) is 3.35. The van der Waals surface area contributed by atoms with Gasteiger partial charge in [0.1, 0.15) is 0 Å². The quantitative estimate of drug-likeness (QED) is 0.888. The van der Waals surface area contributed by atoms with Gasteiger partial charge in [0.05, 0.1) is 10.9 Å². The van der Waals surface area contributed by atoms with Crippen molar-refractivity contribution in [3.05, 3.63) is 28.2 Å². The number of aryl methyl sites for hydroxylation is 1. The second-order valence-electron chi connectivity index (χ2n) is 4.84. The third-order valence-corrected chi connectivity index (χ3v) is 5.94. The molecular weight excluding hydrogens is 328 g/mol. The van der Waals surface area contributed by atoms with Gasteiger partial charge in [-0.25, -0.2) is 8.42 Å². The number of hydrogen-bond donors (Lipinski definition) is 1. The van der Waals surface area contributed by atoms with Gasteiger partial charge in [0, 0.05) is 24.1 Å². The molecule has 1 aromatic rings. The lowest BCUT2D eigenvalue weighted by Crippen LogP contribution is -2.58. The Balaban J connectivity index is 2.40. The van der Waals surface area contributed by atoms with E-state index in [-0.39, 0.29) is 6.04 Å². The monoisotopic (exact) mass is 346 g/mol. The Labute approximate surface area is 123 Å².